The van der Waals surface area contributed by atoms with Gasteiger partial charge in [-0.05, 0) is 105 Å². The summed E-state index contributed by atoms with van der Waals surface area (Å²) in [4.78, 5) is 30.8. The van der Waals surface area contributed by atoms with E-state index in [0.717, 1.165) is 29.7 Å². The summed E-state index contributed by atoms with van der Waals surface area (Å²) >= 11 is 1.61. The first-order valence-corrected chi connectivity index (χ1v) is 17.5. The predicted octanol–water partition coefficient (Wildman–Crippen LogP) is 8.73. The lowest BCUT2D eigenvalue weighted by atomic mass is 9.93. The molecule has 48 heavy (non-hydrogen) atoms. The molecule has 248 valence electrons. The minimum atomic E-state index is -0.468. The molecule has 4 aromatic carbocycles. The summed E-state index contributed by atoms with van der Waals surface area (Å²) in [7, 11) is 1.97. The average molecular weight is 661 g/mol. The second kappa shape index (κ2) is 15.3. The van der Waals surface area contributed by atoms with Crippen molar-refractivity contribution in [3.63, 3.8) is 0 Å². The lowest BCUT2D eigenvalue weighted by Crippen LogP contribution is -2.41. The van der Waals surface area contributed by atoms with Crippen molar-refractivity contribution in [2.45, 2.75) is 51.7 Å². The van der Waals surface area contributed by atoms with Crippen LogP contribution in [0.15, 0.2) is 108 Å². The van der Waals surface area contributed by atoms with Crippen LogP contribution in [0.1, 0.15) is 51.0 Å². The van der Waals surface area contributed by atoms with Gasteiger partial charge in [0, 0.05) is 23.2 Å². The summed E-state index contributed by atoms with van der Waals surface area (Å²) in [5, 5.41) is 0. The van der Waals surface area contributed by atoms with Gasteiger partial charge in [-0.25, -0.2) is 9.10 Å². The van der Waals surface area contributed by atoms with Gasteiger partial charge in [0.2, 0.25) is 5.91 Å². The number of nitrogens with zero attached hydrogens (tertiary/aromatic N) is 2. The Hall–Kier alpha value is -4.33. The molecular weight excluding hydrogens is 617 g/mol. The van der Waals surface area contributed by atoms with Crippen molar-refractivity contribution in [3.8, 4) is 5.75 Å². The normalized spacial score (nSPS) is 17.9. The number of carbonyl (C=O) groups is 2. The third kappa shape index (κ3) is 8.20. The molecular formula is C41H44N2O4S. The minimum absolute atomic E-state index is 0.00702. The van der Waals surface area contributed by atoms with Gasteiger partial charge in [-0.3, -0.25) is 4.79 Å². The summed E-state index contributed by atoms with van der Waals surface area (Å²) in [5.41, 5.74) is 6.58. The van der Waals surface area contributed by atoms with Gasteiger partial charge in [0.25, 0.3) is 0 Å². The number of hydrogen-bond donors (Lipinski definition) is 0. The number of hydrogen-bond acceptors (Lipinski definition) is 6. The molecule has 6 rings (SSSR count). The van der Waals surface area contributed by atoms with Crippen LogP contribution in [-0.2, 0) is 22.7 Å². The number of anilines is 1. The van der Waals surface area contributed by atoms with Crippen LogP contribution in [0.4, 0.5) is 5.69 Å². The van der Waals surface area contributed by atoms with Crippen molar-refractivity contribution in [3.05, 3.63) is 137 Å². The molecule has 0 aliphatic heterocycles. The van der Waals surface area contributed by atoms with Crippen molar-refractivity contribution in [2.75, 3.05) is 25.0 Å². The van der Waals surface area contributed by atoms with Gasteiger partial charge in [-0.2, -0.15) is 0 Å². The molecule has 2 aliphatic rings. The van der Waals surface area contributed by atoms with Crippen molar-refractivity contribution in [2.24, 2.45) is 17.8 Å². The molecule has 0 radical (unpaired) electrons. The highest BCUT2D eigenvalue weighted by Crippen LogP contribution is 2.44. The molecule has 3 unspecified atom stereocenters. The second-order valence-corrected chi connectivity index (χ2v) is 14.4. The van der Waals surface area contributed by atoms with Gasteiger partial charge in [-0.15, -0.1) is 0 Å². The number of likely N-dealkylation sites (N-methyl/N-ethyl adjacent to an activating group) is 1. The Morgan fingerprint density at radius 3 is 2.10 bits per heavy atom. The highest BCUT2D eigenvalue weighted by Gasteiger charge is 2.37. The number of aryl methyl sites for hydroxylation is 3. The maximum absolute atomic E-state index is 14.3. The largest absolute Gasteiger partial charge is 0.488 e. The number of fused-ring (bicyclic) bond motifs is 2. The number of amides is 1. The summed E-state index contributed by atoms with van der Waals surface area (Å²) < 4.78 is 14.0. The first-order valence-electron chi connectivity index (χ1n) is 16.7. The maximum atomic E-state index is 14.3. The minimum Gasteiger partial charge on any atom is -0.488 e. The quantitative estimate of drug-likeness (QED) is 0.0812. The third-order valence-electron chi connectivity index (χ3n) is 9.29. The van der Waals surface area contributed by atoms with E-state index in [1.165, 1.54) is 21.6 Å². The van der Waals surface area contributed by atoms with E-state index in [1.54, 1.807) is 18.0 Å². The van der Waals surface area contributed by atoms with Gasteiger partial charge in [0.15, 0.2) is 0 Å². The molecule has 0 aromatic heterocycles. The van der Waals surface area contributed by atoms with Crippen molar-refractivity contribution in [1.29, 1.82) is 0 Å². The van der Waals surface area contributed by atoms with E-state index in [1.807, 2.05) is 89.0 Å². The Balaban J connectivity index is 1.27. The number of allylic oxidation sites excluding steroid dienone is 2. The van der Waals surface area contributed by atoms with Crippen LogP contribution >= 0.6 is 11.9 Å². The molecule has 1 amide bonds. The Bertz CT molecular complexity index is 1750. The van der Waals surface area contributed by atoms with Crippen molar-refractivity contribution >= 4 is 29.5 Å². The van der Waals surface area contributed by atoms with Crippen LogP contribution in [0.2, 0.25) is 0 Å². The number of esters is 1. The highest BCUT2D eigenvalue weighted by molar-refractivity contribution is 7.97. The first-order chi connectivity index (χ1) is 23.2. The van der Waals surface area contributed by atoms with Gasteiger partial charge in [0.05, 0.1) is 6.54 Å². The second-order valence-electron chi connectivity index (χ2n) is 13.2. The van der Waals surface area contributed by atoms with Crippen LogP contribution in [0.3, 0.4) is 0 Å². The Kier molecular flexibility index (Phi) is 10.7. The molecule has 2 bridgehead atoms. The lowest BCUT2D eigenvalue weighted by molar-refractivity contribution is -0.118. The predicted molar refractivity (Wildman–Crippen MR) is 193 cm³/mol. The zero-order chi connectivity index (χ0) is 33.6. The molecule has 7 heteroatoms. The molecule has 6 nitrogen and oxygen atoms in total. The molecule has 3 atom stereocenters. The fourth-order valence-corrected chi connectivity index (χ4v) is 7.86. The molecule has 4 aromatic rings. The SMILES string of the molecule is Cc1cc(C)c(SN(C)CC(=O)N(CC2CC3C=CC2C3)c2ccc(C(=O)OCc3ccccc3)c(OCc3ccccc3)c2)c(C)c1. The summed E-state index contributed by atoms with van der Waals surface area (Å²) in [5.74, 6) is 1.39. The van der Waals surface area contributed by atoms with Crippen molar-refractivity contribution in [1.82, 2.24) is 4.31 Å². The third-order valence-corrected chi connectivity index (χ3v) is 10.6. The summed E-state index contributed by atoms with van der Waals surface area (Å²) in [6.45, 7) is 7.63. The van der Waals surface area contributed by atoms with E-state index in [2.05, 4.69) is 45.1 Å². The van der Waals surface area contributed by atoms with E-state index in [0.29, 0.717) is 35.6 Å². The summed E-state index contributed by atoms with van der Waals surface area (Å²) in [6.07, 6.45) is 6.90. The lowest BCUT2D eigenvalue weighted by Gasteiger charge is -2.31. The molecule has 0 N–H and O–H groups in total. The zero-order valence-electron chi connectivity index (χ0n) is 28.2. The van der Waals surface area contributed by atoms with Gasteiger partial charge >= 0.3 is 5.97 Å². The smallest absolute Gasteiger partial charge is 0.342 e. The number of benzene rings is 4. The van der Waals surface area contributed by atoms with E-state index in [9.17, 15) is 9.59 Å². The topological polar surface area (TPSA) is 59.1 Å². The van der Waals surface area contributed by atoms with E-state index < -0.39 is 5.97 Å². The van der Waals surface area contributed by atoms with E-state index in [-0.39, 0.29) is 25.7 Å². The Morgan fingerprint density at radius 1 is 0.812 bits per heavy atom. The molecule has 0 saturated heterocycles. The molecule has 1 saturated carbocycles. The van der Waals surface area contributed by atoms with E-state index >= 15 is 0 Å². The van der Waals surface area contributed by atoms with Crippen LogP contribution < -0.4 is 9.64 Å². The summed E-state index contributed by atoms with van der Waals surface area (Å²) in [6, 6.07) is 29.3. The van der Waals surface area contributed by atoms with Crippen LogP contribution in [-0.4, -0.2) is 36.3 Å². The fraction of sp³-hybridized carbons (Fsp3) is 0.317. The van der Waals surface area contributed by atoms with E-state index in [4.69, 9.17) is 9.47 Å². The molecule has 0 spiro atoms. The van der Waals surface area contributed by atoms with Gasteiger partial charge < -0.3 is 14.4 Å². The maximum Gasteiger partial charge on any atom is 0.342 e. The first kappa shape index (κ1) is 33.6. The number of ether oxygens (including phenoxy) is 2. The highest BCUT2D eigenvalue weighted by atomic mass is 32.2. The molecule has 0 heterocycles. The zero-order valence-corrected chi connectivity index (χ0v) is 29.0. The fourth-order valence-electron chi connectivity index (χ4n) is 6.97. The Labute approximate surface area is 288 Å². The van der Waals surface area contributed by atoms with Crippen LogP contribution in [0.25, 0.3) is 0 Å². The van der Waals surface area contributed by atoms with Gasteiger partial charge in [0.1, 0.15) is 24.5 Å². The number of rotatable bonds is 13. The van der Waals surface area contributed by atoms with Crippen LogP contribution in [0, 0.1) is 38.5 Å². The Morgan fingerprint density at radius 2 is 1.48 bits per heavy atom. The monoisotopic (exact) mass is 660 g/mol. The standard InChI is InChI=1S/C41H44N2O4S/c1-28-19-29(2)40(30(3)20-28)48-42(4)25-39(44)43(24-35-22-33-15-16-34(35)21-33)36-17-18-37(41(45)47-27-32-13-9-6-10-14-32)38(23-36)46-26-31-11-7-5-8-12-31/h5-20,23,33-35H,21-22,24-27H2,1-4H3. The van der Waals surface area contributed by atoms with Gasteiger partial charge in [-0.1, -0.05) is 90.5 Å². The van der Waals surface area contributed by atoms with Crippen LogP contribution in [0.5, 0.6) is 5.75 Å². The molecule has 1 fully saturated rings. The average Bonchev–Trinajstić information content (AvgIpc) is 3.71. The van der Waals surface area contributed by atoms with Crippen molar-refractivity contribution < 1.29 is 19.1 Å². The molecule has 2 aliphatic carbocycles. The number of carbonyl (C=O) groups excluding carboxylic acids is 2.